The van der Waals surface area contributed by atoms with Gasteiger partial charge in [-0.3, -0.25) is 8.42 Å². The summed E-state index contributed by atoms with van der Waals surface area (Å²) in [7, 11) is -8.67. The second-order valence-corrected chi connectivity index (χ2v) is 4.90. The van der Waals surface area contributed by atoms with Crippen LogP contribution in [0.2, 0.25) is 0 Å². The molecule has 0 rings (SSSR count). The molecule has 0 bridgehead atoms. The molecule has 0 aromatic heterocycles. The van der Waals surface area contributed by atoms with Crippen molar-refractivity contribution in [2.75, 3.05) is 0 Å². The average Bonchev–Trinajstić information content (AvgIpc) is 1.12. The van der Waals surface area contributed by atoms with Crippen LogP contribution in [-0.4, -0.2) is 26.6 Å². The van der Waals surface area contributed by atoms with Gasteiger partial charge in [-0.1, -0.05) is 0 Å². The van der Waals surface area contributed by atoms with E-state index >= 15 is 0 Å². The van der Waals surface area contributed by atoms with Gasteiger partial charge in [-0.15, -0.1) is 18.1 Å². The van der Waals surface area contributed by atoms with Crippen molar-refractivity contribution >= 4 is 40.5 Å². The molecular weight excluding hydrogens is 336 g/mol. The van der Waals surface area contributed by atoms with E-state index in [1.165, 1.54) is 0 Å². The quantitative estimate of drug-likeness (QED) is 0.399. The van der Waals surface area contributed by atoms with Crippen molar-refractivity contribution in [3.05, 3.63) is 0 Å². The van der Waals surface area contributed by atoms with Crippen LogP contribution in [0.5, 0.6) is 0 Å². The Morgan fingerprint density at radius 1 is 0.769 bits per heavy atom. The second-order valence-electron chi connectivity index (χ2n) is 0.816. The normalized spacial score (nSPS) is 8.92. The molecule has 0 spiro atoms. The first-order valence-corrected chi connectivity index (χ1v) is 6.00. The van der Waals surface area contributed by atoms with Crippen LogP contribution in [0.3, 0.4) is 0 Å². The molecular formula is Na2O6S4Zn. The molecule has 0 heterocycles. The molecule has 0 saturated heterocycles. The minimum absolute atomic E-state index is 0. The molecule has 0 amide bonds. The third-order valence-electron chi connectivity index (χ3n) is 0. The molecule has 6 nitrogen and oxygen atoms in total. The van der Waals surface area contributed by atoms with Crippen molar-refractivity contribution < 1.29 is 105 Å². The molecule has 0 aliphatic heterocycles. The maximum atomic E-state index is 8.89. The molecule has 0 atom stereocenters. The zero-order valence-electron chi connectivity index (χ0n) is 6.79. The Labute approximate surface area is 143 Å². The van der Waals surface area contributed by atoms with E-state index in [1.807, 2.05) is 0 Å². The van der Waals surface area contributed by atoms with Gasteiger partial charge < -0.3 is 18.2 Å². The van der Waals surface area contributed by atoms with Crippen LogP contribution in [-0.2, 0) is 60.0 Å². The Morgan fingerprint density at radius 2 is 0.769 bits per heavy atom. The van der Waals surface area contributed by atoms with Crippen LogP contribution < -0.4 is 59.1 Å². The van der Waals surface area contributed by atoms with E-state index in [0.29, 0.717) is 0 Å². The third-order valence-corrected chi connectivity index (χ3v) is 0. The van der Waals surface area contributed by atoms with Gasteiger partial charge in [-0.25, -0.2) is 0 Å². The van der Waals surface area contributed by atoms with Gasteiger partial charge in [-0.2, -0.15) is 0 Å². The Kier molecular flexibility index (Phi) is 30.5. The predicted molar refractivity (Wildman–Crippen MR) is 34.1 cm³/mol. The Balaban J connectivity index is -0.0000000267. The smallest absolute Gasteiger partial charge is 0.780 e. The van der Waals surface area contributed by atoms with Crippen molar-refractivity contribution in [3.8, 4) is 0 Å². The van der Waals surface area contributed by atoms with Crippen molar-refractivity contribution in [1.29, 1.82) is 0 Å². The molecule has 0 aliphatic rings. The summed E-state index contributed by atoms with van der Waals surface area (Å²) in [6, 6.07) is 0. The summed E-state index contributed by atoms with van der Waals surface area (Å²) in [5.74, 6) is 0. The fraction of sp³-hybridized carbons (Fsp3) is 0. The summed E-state index contributed by atoms with van der Waals surface area (Å²) >= 11 is 6.49. The summed E-state index contributed by atoms with van der Waals surface area (Å²) < 4.78 is 53.3. The first kappa shape index (κ1) is 29.8. The van der Waals surface area contributed by atoms with Crippen LogP contribution >= 0.6 is 0 Å². The fourth-order valence-corrected chi connectivity index (χ4v) is 0. The largest absolute Gasteiger partial charge is 2.00 e. The molecule has 0 unspecified atom stereocenters. The van der Waals surface area contributed by atoms with E-state index < -0.39 is 18.1 Å². The van der Waals surface area contributed by atoms with Gasteiger partial charge in [-0.05, 0) is 22.4 Å². The summed E-state index contributed by atoms with van der Waals surface area (Å²) in [6.07, 6.45) is 0. The molecule has 13 heteroatoms. The van der Waals surface area contributed by atoms with Crippen LogP contribution in [0, 0.1) is 0 Å². The number of hydrogen-bond donors (Lipinski definition) is 0. The van der Waals surface area contributed by atoms with Crippen molar-refractivity contribution in [2.24, 2.45) is 0 Å². The maximum absolute atomic E-state index is 8.89. The van der Waals surface area contributed by atoms with Gasteiger partial charge in [0.2, 0.25) is 0 Å². The number of hydrogen-bond acceptors (Lipinski definition) is 8. The molecule has 0 N–H and O–H groups in total. The zero-order chi connectivity index (χ0) is 9.00. The first-order valence-electron chi connectivity index (χ1n) is 1.33. The third kappa shape index (κ3) is 258. The van der Waals surface area contributed by atoms with Gasteiger partial charge in [0.25, 0.3) is 0 Å². The first-order chi connectivity index (χ1) is 4.00. The Morgan fingerprint density at radius 3 is 0.769 bits per heavy atom. The Bertz CT molecular complexity index is 219. The molecule has 0 radical (unpaired) electrons. The molecule has 0 aliphatic carbocycles. The maximum Gasteiger partial charge on any atom is 2.00 e. The van der Waals surface area contributed by atoms with Gasteiger partial charge in [0, 0.05) is 0 Å². The van der Waals surface area contributed by atoms with Crippen LogP contribution in [0.4, 0.5) is 0 Å². The average molecular weight is 336 g/mol. The second kappa shape index (κ2) is 13.3. The van der Waals surface area contributed by atoms with Crippen molar-refractivity contribution in [2.45, 2.75) is 0 Å². The minimum atomic E-state index is -4.33. The van der Waals surface area contributed by atoms with E-state index in [0.717, 1.165) is 0 Å². The predicted octanol–water partition coefficient (Wildman–Crippen LogP) is -8.01. The monoisotopic (exact) mass is 334 g/mol. The molecule has 0 aromatic rings. The standard InChI is InChI=1S/2Na.2H2O3S2.Zn/c;;2*1-5(2,3)4;/h;;2*(H2,1,2,3,4);/q2*+1;;;+2/p-4. The van der Waals surface area contributed by atoms with E-state index in [-0.39, 0.29) is 78.6 Å². The van der Waals surface area contributed by atoms with Gasteiger partial charge in [0.1, 0.15) is 0 Å². The fourth-order valence-electron chi connectivity index (χ4n) is 0. The van der Waals surface area contributed by atoms with Crippen molar-refractivity contribution in [1.82, 2.24) is 0 Å². The molecule has 0 fully saturated rings. The topological polar surface area (TPSA) is 126 Å². The van der Waals surface area contributed by atoms with E-state index in [1.54, 1.807) is 0 Å². The Hall–Kier alpha value is 3.20. The zero-order valence-corrected chi connectivity index (χ0v) is 17.0. The van der Waals surface area contributed by atoms with Crippen LogP contribution in [0.25, 0.3) is 0 Å². The van der Waals surface area contributed by atoms with Crippen molar-refractivity contribution in [3.63, 3.8) is 0 Å². The summed E-state index contributed by atoms with van der Waals surface area (Å²) in [6.45, 7) is 0. The van der Waals surface area contributed by atoms with Gasteiger partial charge in [0.15, 0.2) is 0 Å². The van der Waals surface area contributed by atoms with Gasteiger partial charge in [0.05, 0.1) is 0 Å². The summed E-state index contributed by atoms with van der Waals surface area (Å²) in [5.41, 5.74) is 0. The summed E-state index contributed by atoms with van der Waals surface area (Å²) in [5, 5.41) is 0. The SMILES string of the molecule is O=S([O-])([O-])=S.O=S([O-])([O-])=S.[Na+].[Na+].[Zn+2]. The van der Waals surface area contributed by atoms with E-state index in [4.69, 9.17) is 26.6 Å². The van der Waals surface area contributed by atoms with Gasteiger partial charge >= 0.3 is 78.6 Å². The van der Waals surface area contributed by atoms with Crippen LogP contribution in [0.15, 0.2) is 0 Å². The van der Waals surface area contributed by atoms with E-state index in [9.17, 15) is 0 Å². The van der Waals surface area contributed by atoms with Crippen LogP contribution in [0.1, 0.15) is 0 Å². The number of rotatable bonds is 0. The molecule has 64 valence electrons. The molecule has 0 aromatic carbocycles. The molecule has 13 heavy (non-hydrogen) atoms. The molecule has 0 saturated carbocycles. The van der Waals surface area contributed by atoms with E-state index in [2.05, 4.69) is 22.4 Å². The summed E-state index contributed by atoms with van der Waals surface area (Å²) in [4.78, 5) is 0. The minimum Gasteiger partial charge on any atom is -0.780 e.